The fourth-order valence-electron chi connectivity index (χ4n) is 2.73. The van der Waals surface area contributed by atoms with Crippen molar-refractivity contribution >= 4 is 37.4 Å². The standard InChI is InChI=1S/C19H25O4P.Na.H/c1-18(2,3)16-13-15(11-12-17(16)23-24(20,21)22)19(4,5)14-9-7-6-8-10-14;;/h6-13H,1-5H3,(H2,20,21,22);;. The molecule has 2 aromatic carbocycles. The third kappa shape index (κ3) is 5.68. The van der Waals surface area contributed by atoms with Gasteiger partial charge in [-0.2, -0.15) is 0 Å². The summed E-state index contributed by atoms with van der Waals surface area (Å²) in [4.78, 5) is 18.3. The van der Waals surface area contributed by atoms with Crippen LogP contribution < -0.4 is 4.52 Å². The quantitative estimate of drug-likeness (QED) is 0.626. The van der Waals surface area contributed by atoms with Gasteiger partial charge < -0.3 is 4.52 Å². The Kier molecular flexibility index (Phi) is 7.14. The molecule has 0 heterocycles. The number of phosphoric acid groups is 1. The summed E-state index contributed by atoms with van der Waals surface area (Å²) in [5.41, 5.74) is 2.47. The van der Waals surface area contributed by atoms with Gasteiger partial charge in [-0.25, -0.2) is 4.57 Å². The molecule has 132 valence electrons. The molecule has 2 rings (SSSR count). The van der Waals surface area contributed by atoms with Crippen LogP contribution in [0.1, 0.15) is 51.3 Å². The first-order valence-corrected chi connectivity index (χ1v) is 9.40. The Morgan fingerprint density at radius 3 is 1.92 bits per heavy atom. The monoisotopic (exact) mass is 372 g/mol. The van der Waals surface area contributed by atoms with Crippen molar-refractivity contribution in [1.82, 2.24) is 0 Å². The second-order valence-corrected chi connectivity index (χ2v) is 8.70. The number of rotatable bonds is 4. The van der Waals surface area contributed by atoms with Crippen molar-refractivity contribution in [2.24, 2.45) is 0 Å². The second kappa shape index (κ2) is 7.96. The molecule has 0 spiro atoms. The molecule has 2 aromatic rings. The van der Waals surface area contributed by atoms with Crippen molar-refractivity contribution in [2.75, 3.05) is 0 Å². The van der Waals surface area contributed by atoms with Crippen LogP contribution in [0, 0.1) is 0 Å². The Bertz CT molecular complexity index is 761. The van der Waals surface area contributed by atoms with Crippen LogP contribution in [-0.4, -0.2) is 39.3 Å². The van der Waals surface area contributed by atoms with Crippen molar-refractivity contribution in [3.05, 3.63) is 65.2 Å². The molecule has 4 nitrogen and oxygen atoms in total. The molecule has 0 saturated heterocycles. The Hall–Kier alpha value is -0.610. The van der Waals surface area contributed by atoms with Gasteiger partial charge in [-0.3, -0.25) is 9.79 Å². The Morgan fingerprint density at radius 1 is 0.880 bits per heavy atom. The molecule has 0 bridgehead atoms. The van der Waals surface area contributed by atoms with Gasteiger partial charge in [-0.15, -0.1) is 0 Å². The molecule has 0 aliphatic rings. The van der Waals surface area contributed by atoms with Crippen LogP contribution in [-0.2, 0) is 15.4 Å². The molecule has 0 amide bonds. The third-order valence-electron chi connectivity index (χ3n) is 4.22. The zero-order valence-electron chi connectivity index (χ0n) is 14.8. The molecule has 0 unspecified atom stereocenters. The van der Waals surface area contributed by atoms with Crippen LogP contribution in [0.15, 0.2) is 48.5 Å². The maximum absolute atomic E-state index is 11.3. The molecule has 0 radical (unpaired) electrons. The number of hydrogen-bond donors (Lipinski definition) is 2. The third-order valence-corrected chi connectivity index (χ3v) is 4.66. The predicted octanol–water partition coefficient (Wildman–Crippen LogP) is 4.13. The average molecular weight is 372 g/mol. The van der Waals surface area contributed by atoms with Crippen LogP contribution in [0.2, 0.25) is 0 Å². The van der Waals surface area contributed by atoms with E-state index in [0.29, 0.717) is 0 Å². The number of phosphoric ester groups is 1. The van der Waals surface area contributed by atoms with E-state index in [9.17, 15) is 4.57 Å². The van der Waals surface area contributed by atoms with Crippen LogP contribution in [0.5, 0.6) is 5.75 Å². The molecule has 0 aromatic heterocycles. The van der Waals surface area contributed by atoms with E-state index in [-0.39, 0.29) is 46.1 Å². The Balaban J connectivity index is 0.00000312. The van der Waals surface area contributed by atoms with Gasteiger partial charge in [0.15, 0.2) is 0 Å². The van der Waals surface area contributed by atoms with Gasteiger partial charge in [0.2, 0.25) is 0 Å². The van der Waals surface area contributed by atoms with Crippen molar-refractivity contribution in [1.29, 1.82) is 0 Å². The molecule has 2 N–H and O–H groups in total. The van der Waals surface area contributed by atoms with Gasteiger partial charge in [-0.1, -0.05) is 77.1 Å². The van der Waals surface area contributed by atoms with Crippen LogP contribution in [0.4, 0.5) is 0 Å². The molecular formula is C19H26NaO4P. The first-order valence-electron chi connectivity index (χ1n) is 7.87. The van der Waals surface area contributed by atoms with Gasteiger partial charge >= 0.3 is 37.4 Å². The van der Waals surface area contributed by atoms with E-state index < -0.39 is 7.82 Å². The van der Waals surface area contributed by atoms with Gasteiger partial charge in [0.1, 0.15) is 5.75 Å². The van der Waals surface area contributed by atoms with Crippen LogP contribution in [0.3, 0.4) is 0 Å². The zero-order chi connectivity index (χ0) is 18.2. The van der Waals surface area contributed by atoms with Gasteiger partial charge in [0.05, 0.1) is 0 Å². The summed E-state index contributed by atoms with van der Waals surface area (Å²) >= 11 is 0. The molecule has 0 atom stereocenters. The summed E-state index contributed by atoms with van der Waals surface area (Å²) in [5, 5.41) is 0. The van der Waals surface area contributed by atoms with Crippen molar-refractivity contribution in [3.63, 3.8) is 0 Å². The average Bonchev–Trinajstić information content (AvgIpc) is 2.45. The van der Waals surface area contributed by atoms with E-state index in [1.807, 2.05) is 51.1 Å². The van der Waals surface area contributed by atoms with E-state index in [1.54, 1.807) is 6.07 Å². The summed E-state index contributed by atoms with van der Waals surface area (Å²) in [6.07, 6.45) is 0. The molecule has 0 saturated carbocycles. The first kappa shape index (κ1) is 22.4. The summed E-state index contributed by atoms with van der Waals surface area (Å²) in [6, 6.07) is 15.7. The molecule has 6 heteroatoms. The van der Waals surface area contributed by atoms with Gasteiger partial charge in [0.25, 0.3) is 0 Å². The number of hydrogen-bond acceptors (Lipinski definition) is 2. The maximum atomic E-state index is 11.3. The van der Waals surface area contributed by atoms with Crippen LogP contribution >= 0.6 is 7.82 Å². The summed E-state index contributed by atoms with van der Waals surface area (Å²) in [7, 11) is -4.60. The fraction of sp³-hybridized carbons (Fsp3) is 0.368. The van der Waals surface area contributed by atoms with E-state index in [1.165, 1.54) is 5.56 Å². The topological polar surface area (TPSA) is 66.8 Å². The Labute approximate surface area is 172 Å². The summed E-state index contributed by atoms with van der Waals surface area (Å²) in [6.45, 7) is 10.2. The van der Waals surface area contributed by atoms with E-state index in [4.69, 9.17) is 14.3 Å². The van der Waals surface area contributed by atoms with Gasteiger partial charge in [0, 0.05) is 11.0 Å². The molecule has 0 fully saturated rings. The molecule has 0 aliphatic carbocycles. The Morgan fingerprint density at radius 2 is 1.44 bits per heavy atom. The summed E-state index contributed by atoms with van der Waals surface area (Å²) in [5.74, 6) is 0.225. The van der Waals surface area contributed by atoms with E-state index in [2.05, 4.69) is 26.0 Å². The molecule has 0 aliphatic heterocycles. The minimum absolute atomic E-state index is 0. The van der Waals surface area contributed by atoms with Crippen molar-refractivity contribution < 1.29 is 18.9 Å². The fourth-order valence-corrected chi connectivity index (χ4v) is 3.15. The molecule has 25 heavy (non-hydrogen) atoms. The second-order valence-electron chi connectivity index (χ2n) is 7.53. The van der Waals surface area contributed by atoms with Crippen molar-refractivity contribution in [2.45, 2.75) is 45.4 Å². The summed E-state index contributed by atoms with van der Waals surface area (Å²) < 4.78 is 16.2. The minimum atomic E-state index is -4.60. The SMILES string of the molecule is CC(C)(C)c1cc(C(C)(C)c2ccccc2)ccc1OP(=O)(O)O.[NaH]. The van der Waals surface area contributed by atoms with Crippen LogP contribution in [0.25, 0.3) is 0 Å². The normalized spacial score (nSPS) is 12.4. The zero-order valence-corrected chi connectivity index (χ0v) is 15.7. The predicted molar refractivity (Wildman–Crippen MR) is 104 cm³/mol. The van der Waals surface area contributed by atoms with E-state index in [0.717, 1.165) is 11.1 Å². The molecular weight excluding hydrogens is 346 g/mol. The van der Waals surface area contributed by atoms with E-state index >= 15 is 0 Å². The van der Waals surface area contributed by atoms with Crippen molar-refractivity contribution in [3.8, 4) is 5.75 Å². The number of benzene rings is 2. The van der Waals surface area contributed by atoms with Gasteiger partial charge in [-0.05, 0) is 22.6 Å². The first-order chi connectivity index (χ1) is 10.9.